The number of aromatic nitrogens is 2. The summed E-state index contributed by atoms with van der Waals surface area (Å²) in [6, 6.07) is 0. The largest absolute Gasteiger partial charge is 0.394 e. The van der Waals surface area contributed by atoms with Gasteiger partial charge in [-0.25, -0.2) is 0 Å². The smallest absolute Gasteiger partial charge is 0.104 e. The average Bonchev–Trinajstić information content (AvgIpc) is 2.53. The minimum Gasteiger partial charge on any atom is -0.394 e. The van der Waals surface area contributed by atoms with Gasteiger partial charge in [0, 0.05) is 52.3 Å². The van der Waals surface area contributed by atoms with Gasteiger partial charge in [-0.2, -0.15) is 0 Å². The molecule has 0 aromatic carbocycles. The van der Waals surface area contributed by atoms with Crippen molar-refractivity contribution in [2.24, 2.45) is 0 Å². The summed E-state index contributed by atoms with van der Waals surface area (Å²) in [4.78, 5) is 8.26. The normalized spacial score (nSPS) is 17.7. The van der Waals surface area contributed by atoms with Crippen LogP contribution in [0.3, 0.4) is 0 Å². The van der Waals surface area contributed by atoms with Crippen LogP contribution in [-0.2, 0) is 31.6 Å². The monoisotopic (exact) mass is 503 g/mol. The van der Waals surface area contributed by atoms with Gasteiger partial charge in [-0.05, 0) is 0 Å². The van der Waals surface area contributed by atoms with E-state index in [1.165, 1.54) is 19.5 Å². The van der Waals surface area contributed by atoms with Gasteiger partial charge < -0.3 is 30.3 Å². The molecule has 1 aromatic heterocycles. The Bertz CT molecular complexity index is 436. The standard InChI is InChI=1S/C14H24N2O6.Re/c1-8(14(21)13(20)7-22-2)10-5-15-9(4-16-10)3-11(18)12(19)6-17;/h4-5,8,11-14,17-21H,3,6-7H2,1-2H3;. The predicted molar refractivity (Wildman–Crippen MR) is 77.1 cm³/mol. The van der Waals surface area contributed by atoms with Crippen molar-refractivity contribution in [1.82, 2.24) is 9.97 Å². The topological polar surface area (TPSA) is 136 Å². The summed E-state index contributed by atoms with van der Waals surface area (Å²) >= 11 is 0. The Balaban J connectivity index is 0.00000484. The molecule has 1 heterocycles. The number of nitrogens with zero attached hydrogens (tertiary/aromatic N) is 2. The molecule has 8 nitrogen and oxygen atoms in total. The van der Waals surface area contributed by atoms with E-state index >= 15 is 0 Å². The number of hydrogen-bond donors (Lipinski definition) is 5. The molecule has 9 heteroatoms. The number of methoxy groups -OCH3 is 1. The van der Waals surface area contributed by atoms with Crippen LogP contribution in [0.5, 0.6) is 0 Å². The number of rotatable bonds is 9. The molecule has 1 aromatic rings. The van der Waals surface area contributed by atoms with Crippen LogP contribution in [0.4, 0.5) is 0 Å². The Morgan fingerprint density at radius 3 is 2.17 bits per heavy atom. The average molecular weight is 503 g/mol. The van der Waals surface area contributed by atoms with Crippen LogP contribution in [0.1, 0.15) is 24.2 Å². The molecular weight excluding hydrogens is 478 g/mol. The molecule has 1 rings (SSSR count). The van der Waals surface area contributed by atoms with Crippen LogP contribution in [0.2, 0.25) is 0 Å². The number of hydrogen-bond acceptors (Lipinski definition) is 8. The third kappa shape index (κ3) is 6.87. The molecule has 0 saturated carbocycles. The van der Waals surface area contributed by atoms with E-state index in [0.717, 1.165) is 0 Å². The third-order valence-corrected chi connectivity index (χ3v) is 3.49. The zero-order valence-electron chi connectivity index (χ0n) is 13.1. The first kappa shape index (κ1) is 22.5. The molecule has 0 spiro atoms. The molecule has 5 atom stereocenters. The van der Waals surface area contributed by atoms with Gasteiger partial charge >= 0.3 is 0 Å². The van der Waals surface area contributed by atoms with Crippen LogP contribution < -0.4 is 0 Å². The quantitative estimate of drug-likeness (QED) is 0.267. The maximum atomic E-state index is 9.99. The predicted octanol–water partition coefficient (Wildman–Crippen LogP) is -1.80. The van der Waals surface area contributed by atoms with E-state index in [1.54, 1.807) is 6.92 Å². The summed E-state index contributed by atoms with van der Waals surface area (Å²) in [7, 11) is 1.43. The fourth-order valence-electron chi connectivity index (χ4n) is 1.95. The van der Waals surface area contributed by atoms with Gasteiger partial charge in [-0.3, -0.25) is 9.97 Å². The molecule has 0 bridgehead atoms. The maximum Gasteiger partial charge on any atom is 0.104 e. The van der Waals surface area contributed by atoms with E-state index in [-0.39, 0.29) is 33.5 Å². The molecule has 5 N–H and O–H groups in total. The Morgan fingerprint density at radius 2 is 1.70 bits per heavy atom. The molecule has 1 radical (unpaired) electrons. The Labute approximate surface area is 148 Å². The zero-order valence-corrected chi connectivity index (χ0v) is 15.8. The first-order valence-electron chi connectivity index (χ1n) is 7.03. The van der Waals surface area contributed by atoms with Crippen LogP contribution in [0, 0.1) is 0 Å². The van der Waals surface area contributed by atoms with Crippen molar-refractivity contribution in [1.29, 1.82) is 0 Å². The summed E-state index contributed by atoms with van der Waals surface area (Å²) in [5, 5.41) is 47.3. The maximum absolute atomic E-state index is 9.99. The van der Waals surface area contributed by atoms with Crippen molar-refractivity contribution in [3.63, 3.8) is 0 Å². The second kappa shape index (κ2) is 11.1. The number of aliphatic hydroxyl groups is 5. The van der Waals surface area contributed by atoms with Crippen molar-refractivity contribution >= 4 is 0 Å². The van der Waals surface area contributed by atoms with Gasteiger partial charge in [0.25, 0.3) is 0 Å². The molecule has 0 aliphatic carbocycles. The van der Waals surface area contributed by atoms with E-state index in [1.807, 2.05) is 0 Å². The van der Waals surface area contributed by atoms with Crippen LogP contribution >= 0.6 is 0 Å². The Hall–Kier alpha value is -0.498. The van der Waals surface area contributed by atoms with E-state index < -0.39 is 36.9 Å². The van der Waals surface area contributed by atoms with Crippen molar-refractivity contribution in [3.8, 4) is 0 Å². The Kier molecular flexibility index (Phi) is 10.9. The van der Waals surface area contributed by atoms with Crippen molar-refractivity contribution in [3.05, 3.63) is 23.8 Å². The van der Waals surface area contributed by atoms with Gasteiger partial charge in [0.05, 0.1) is 36.8 Å². The summed E-state index contributed by atoms with van der Waals surface area (Å²) in [6.45, 7) is 1.19. The minimum atomic E-state index is -1.23. The van der Waals surface area contributed by atoms with E-state index in [0.29, 0.717) is 11.4 Å². The van der Waals surface area contributed by atoms with Gasteiger partial charge in [0.2, 0.25) is 0 Å². The van der Waals surface area contributed by atoms with Gasteiger partial charge in [0.1, 0.15) is 12.2 Å². The second-order valence-electron chi connectivity index (χ2n) is 5.26. The Morgan fingerprint density at radius 1 is 1.04 bits per heavy atom. The fraction of sp³-hybridized carbons (Fsp3) is 0.714. The summed E-state index contributed by atoms with van der Waals surface area (Å²) in [5.41, 5.74) is 0.937. The molecule has 133 valence electrons. The third-order valence-electron chi connectivity index (χ3n) is 3.49. The summed E-state index contributed by atoms with van der Waals surface area (Å²) in [5.74, 6) is -0.445. The number of aliphatic hydroxyl groups excluding tert-OH is 5. The van der Waals surface area contributed by atoms with Gasteiger partial charge in [-0.1, -0.05) is 6.92 Å². The SMILES string of the molecule is COCC(O)C(O)C(C)c1cnc(CC(O)C(O)CO)cn1.[Re]. The van der Waals surface area contributed by atoms with Crippen LogP contribution in [0.25, 0.3) is 0 Å². The molecule has 0 saturated heterocycles. The fourth-order valence-corrected chi connectivity index (χ4v) is 1.95. The molecule has 0 fully saturated rings. The van der Waals surface area contributed by atoms with Gasteiger partial charge in [0.15, 0.2) is 0 Å². The zero-order chi connectivity index (χ0) is 16.7. The van der Waals surface area contributed by atoms with Crippen molar-refractivity contribution < 1.29 is 50.7 Å². The van der Waals surface area contributed by atoms with E-state index in [4.69, 9.17) is 9.84 Å². The molecular formula is C14H24N2O6Re. The first-order chi connectivity index (χ1) is 10.4. The van der Waals surface area contributed by atoms with Crippen LogP contribution in [-0.4, -0.2) is 80.2 Å². The van der Waals surface area contributed by atoms with E-state index in [9.17, 15) is 20.4 Å². The molecule has 5 unspecified atom stereocenters. The first-order valence-corrected chi connectivity index (χ1v) is 7.03. The van der Waals surface area contributed by atoms with Gasteiger partial charge in [-0.15, -0.1) is 0 Å². The number of ether oxygens (including phenoxy) is 1. The molecule has 0 aliphatic heterocycles. The van der Waals surface area contributed by atoms with Crippen molar-refractivity contribution in [2.75, 3.05) is 20.3 Å². The van der Waals surface area contributed by atoms with Crippen LogP contribution in [0.15, 0.2) is 12.4 Å². The van der Waals surface area contributed by atoms with E-state index in [2.05, 4.69) is 9.97 Å². The molecule has 0 aliphatic rings. The molecule has 23 heavy (non-hydrogen) atoms. The summed E-state index contributed by atoms with van der Waals surface area (Å²) in [6.07, 6.45) is -1.50. The summed E-state index contributed by atoms with van der Waals surface area (Å²) < 4.78 is 4.79. The molecule has 0 amide bonds. The van der Waals surface area contributed by atoms with Crippen molar-refractivity contribution in [2.45, 2.75) is 43.7 Å². The second-order valence-corrected chi connectivity index (χ2v) is 5.26. The minimum absolute atomic E-state index is 0.